The molecule has 30 heavy (non-hydrogen) atoms. The quantitative estimate of drug-likeness (QED) is 0.485. The highest BCUT2D eigenvalue weighted by molar-refractivity contribution is 5.79. The molecule has 3 rings (SSSR count). The maximum absolute atomic E-state index is 5.73. The number of methoxy groups -OCH3 is 2. The van der Waals surface area contributed by atoms with E-state index in [1.165, 1.54) is 24.8 Å². The van der Waals surface area contributed by atoms with Crippen LogP contribution in [0.3, 0.4) is 0 Å². The number of rotatable bonds is 9. The number of aliphatic imine (C=N–C) groups is 1. The smallest absolute Gasteiger partial charge is 0.191 e. The molecule has 0 spiro atoms. The molecule has 0 amide bonds. The van der Waals surface area contributed by atoms with Crippen molar-refractivity contribution in [3.05, 3.63) is 47.9 Å². The molecule has 2 aromatic rings. The van der Waals surface area contributed by atoms with Crippen molar-refractivity contribution in [2.45, 2.75) is 31.7 Å². The number of likely N-dealkylation sites (tertiary alicyclic amines) is 1. The Morgan fingerprint density at radius 2 is 1.90 bits per heavy atom. The minimum atomic E-state index is 0.213. The minimum absolute atomic E-state index is 0.213. The van der Waals surface area contributed by atoms with Gasteiger partial charge in [0.2, 0.25) is 0 Å². The molecular formula is C23H34N4O3. The fraction of sp³-hybridized carbons (Fsp3) is 0.522. The van der Waals surface area contributed by atoms with Crippen LogP contribution in [0.25, 0.3) is 0 Å². The van der Waals surface area contributed by atoms with Crippen molar-refractivity contribution in [3.63, 3.8) is 0 Å². The molecule has 7 heteroatoms. The number of piperidine rings is 1. The number of hydrogen-bond acceptors (Lipinski definition) is 5. The molecule has 164 valence electrons. The Balaban J connectivity index is 1.52. The lowest BCUT2D eigenvalue weighted by Crippen LogP contribution is -2.44. The molecule has 1 fully saturated rings. The van der Waals surface area contributed by atoms with E-state index < -0.39 is 0 Å². The van der Waals surface area contributed by atoms with Crippen LogP contribution in [0.1, 0.15) is 36.6 Å². The normalized spacial score (nSPS) is 16.2. The first-order valence-electron chi connectivity index (χ1n) is 10.7. The van der Waals surface area contributed by atoms with Crippen molar-refractivity contribution >= 4 is 5.96 Å². The maximum Gasteiger partial charge on any atom is 0.191 e. The van der Waals surface area contributed by atoms with E-state index in [-0.39, 0.29) is 6.04 Å². The zero-order chi connectivity index (χ0) is 21.2. The van der Waals surface area contributed by atoms with Crippen molar-refractivity contribution < 1.29 is 13.9 Å². The van der Waals surface area contributed by atoms with Gasteiger partial charge in [-0.3, -0.25) is 9.89 Å². The van der Waals surface area contributed by atoms with Crippen LogP contribution >= 0.6 is 0 Å². The number of nitrogens with one attached hydrogen (secondary N) is 2. The van der Waals surface area contributed by atoms with Crippen LogP contribution in [-0.2, 0) is 6.42 Å². The monoisotopic (exact) mass is 414 g/mol. The van der Waals surface area contributed by atoms with Crippen LogP contribution in [0.2, 0.25) is 0 Å². The van der Waals surface area contributed by atoms with Gasteiger partial charge in [0.1, 0.15) is 5.76 Å². The van der Waals surface area contributed by atoms with Gasteiger partial charge in [-0.05, 0) is 62.2 Å². The van der Waals surface area contributed by atoms with Crippen molar-refractivity contribution in [3.8, 4) is 11.5 Å². The summed E-state index contributed by atoms with van der Waals surface area (Å²) in [5, 5.41) is 6.88. The third kappa shape index (κ3) is 5.92. The van der Waals surface area contributed by atoms with Gasteiger partial charge in [-0.25, -0.2) is 0 Å². The zero-order valence-electron chi connectivity index (χ0n) is 18.3. The summed E-state index contributed by atoms with van der Waals surface area (Å²) in [5.74, 6) is 3.29. The number of nitrogens with zero attached hydrogens (tertiary/aromatic N) is 2. The van der Waals surface area contributed by atoms with Gasteiger partial charge < -0.3 is 24.5 Å². The Bertz CT molecular complexity index is 786. The lowest BCUT2D eigenvalue weighted by atomic mass is 10.1. The van der Waals surface area contributed by atoms with Gasteiger partial charge in [0.25, 0.3) is 0 Å². The van der Waals surface area contributed by atoms with E-state index in [4.69, 9.17) is 13.9 Å². The summed E-state index contributed by atoms with van der Waals surface area (Å²) in [4.78, 5) is 6.89. The van der Waals surface area contributed by atoms with Gasteiger partial charge in [0.05, 0.1) is 26.5 Å². The number of guanidine groups is 1. The first-order valence-corrected chi connectivity index (χ1v) is 10.7. The molecule has 1 saturated heterocycles. The fourth-order valence-corrected chi connectivity index (χ4v) is 3.90. The highest BCUT2D eigenvalue weighted by Crippen LogP contribution is 2.27. The molecule has 2 N–H and O–H groups in total. The second-order valence-corrected chi connectivity index (χ2v) is 7.45. The van der Waals surface area contributed by atoms with Gasteiger partial charge in [0, 0.05) is 20.1 Å². The van der Waals surface area contributed by atoms with Crippen LogP contribution in [-0.4, -0.2) is 58.3 Å². The Hall–Kier alpha value is -2.67. The first kappa shape index (κ1) is 22.0. The fourth-order valence-electron chi connectivity index (χ4n) is 3.90. The Morgan fingerprint density at radius 1 is 1.10 bits per heavy atom. The average Bonchev–Trinajstić information content (AvgIpc) is 3.33. The summed E-state index contributed by atoms with van der Waals surface area (Å²) < 4.78 is 16.4. The predicted octanol–water partition coefficient (Wildman–Crippen LogP) is 3.23. The zero-order valence-corrected chi connectivity index (χ0v) is 18.3. The van der Waals surface area contributed by atoms with E-state index in [1.54, 1.807) is 27.5 Å². The van der Waals surface area contributed by atoms with Crippen LogP contribution in [0.5, 0.6) is 11.5 Å². The SMILES string of the molecule is CN=C(NCCc1ccc(OC)c(OC)c1)NCC(c1ccco1)N1CCCCC1. The summed E-state index contributed by atoms with van der Waals surface area (Å²) >= 11 is 0. The molecule has 1 aliphatic rings. The van der Waals surface area contributed by atoms with Crippen LogP contribution in [0.15, 0.2) is 46.0 Å². The van der Waals surface area contributed by atoms with Gasteiger partial charge in [0.15, 0.2) is 17.5 Å². The molecule has 1 aromatic heterocycles. The number of ether oxygens (including phenoxy) is 2. The van der Waals surface area contributed by atoms with Crippen molar-refractivity contribution in [1.82, 2.24) is 15.5 Å². The molecule has 0 bridgehead atoms. The first-order chi connectivity index (χ1) is 14.7. The summed E-state index contributed by atoms with van der Waals surface area (Å²) in [7, 11) is 5.10. The standard InChI is InChI=1S/C23H34N4O3/c1-24-23(25-12-11-18-9-10-21(28-2)22(16-18)29-3)26-17-19(20-8-7-15-30-20)27-13-5-4-6-14-27/h7-10,15-16,19H,4-6,11-14,17H2,1-3H3,(H2,24,25,26). The summed E-state index contributed by atoms with van der Waals surface area (Å²) in [6.45, 7) is 3.74. The van der Waals surface area contributed by atoms with E-state index in [0.29, 0.717) is 0 Å². The third-order valence-corrected chi connectivity index (χ3v) is 5.54. The van der Waals surface area contributed by atoms with Gasteiger partial charge in [-0.2, -0.15) is 0 Å². The van der Waals surface area contributed by atoms with Gasteiger partial charge in [-0.15, -0.1) is 0 Å². The largest absolute Gasteiger partial charge is 0.493 e. The van der Waals surface area contributed by atoms with Gasteiger partial charge >= 0.3 is 0 Å². The summed E-state index contributed by atoms with van der Waals surface area (Å²) in [6.07, 6.45) is 6.41. The second kappa shape index (κ2) is 11.5. The van der Waals surface area contributed by atoms with Crippen molar-refractivity contribution in [2.24, 2.45) is 4.99 Å². The van der Waals surface area contributed by atoms with Crippen LogP contribution in [0.4, 0.5) is 0 Å². The molecule has 7 nitrogen and oxygen atoms in total. The van der Waals surface area contributed by atoms with E-state index in [0.717, 1.165) is 55.8 Å². The lowest BCUT2D eigenvalue weighted by Gasteiger charge is -2.33. The van der Waals surface area contributed by atoms with Crippen LogP contribution < -0.4 is 20.1 Å². The minimum Gasteiger partial charge on any atom is -0.493 e. The molecular weight excluding hydrogens is 380 g/mol. The van der Waals surface area contributed by atoms with Crippen molar-refractivity contribution in [1.29, 1.82) is 0 Å². The number of furan rings is 1. The van der Waals surface area contributed by atoms with Gasteiger partial charge in [-0.1, -0.05) is 12.5 Å². The molecule has 1 aliphatic heterocycles. The summed E-state index contributed by atoms with van der Waals surface area (Å²) in [6, 6.07) is 10.2. The maximum atomic E-state index is 5.73. The summed E-state index contributed by atoms with van der Waals surface area (Å²) in [5.41, 5.74) is 1.18. The molecule has 2 heterocycles. The van der Waals surface area contributed by atoms with E-state index >= 15 is 0 Å². The number of benzene rings is 1. The predicted molar refractivity (Wildman–Crippen MR) is 119 cm³/mol. The molecule has 1 aromatic carbocycles. The molecule has 1 atom stereocenters. The second-order valence-electron chi connectivity index (χ2n) is 7.45. The topological polar surface area (TPSA) is 71.3 Å². The van der Waals surface area contributed by atoms with Crippen LogP contribution in [0, 0.1) is 0 Å². The average molecular weight is 415 g/mol. The molecule has 1 unspecified atom stereocenters. The Labute approximate surface area is 179 Å². The van der Waals surface area contributed by atoms with Crippen molar-refractivity contribution in [2.75, 3.05) is 47.4 Å². The van der Waals surface area contributed by atoms with E-state index in [9.17, 15) is 0 Å². The molecule has 0 aliphatic carbocycles. The van der Waals surface area contributed by atoms with E-state index in [1.807, 2.05) is 18.2 Å². The lowest BCUT2D eigenvalue weighted by molar-refractivity contribution is 0.146. The third-order valence-electron chi connectivity index (χ3n) is 5.54. The van der Waals surface area contributed by atoms with E-state index in [2.05, 4.69) is 32.7 Å². The Morgan fingerprint density at radius 3 is 2.57 bits per heavy atom. The number of hydrogen-bond donors (Lipinski definition) is 2. The molecule has 0 saturated carbocycles. The highest BCUT2D eigenvalue weighted by atomic mass is 16.5. The Kier molecular flexibility index (Phi) is 8.44. The molecule has 0 radical (unpaired) electrons. The highest BCUT2D eigenvalue weighted by Gasteiger charge is 2.24.